The number of carbonyl (C=O) groups is 1. The number of nitrogens with two attached hydrogens (primary N) is 1. The van der Waals surface area contributed by atoms with E-state index in [1.54, 1.807) is 6.07 Å². The van der Waals surface area contributed by atoms with E-state index in [4.69, 9.17) is 15.3 Å². The molecule has 0 aliphatic carbocycles. The summed E-state index contributed by atoms with van der Waals surface area (Å²) in [6.07, 6.45) is 0. The molecular weight excluding hydrogens is 318 g/mol. The van der Waals surface area contributed by atoms with Crippen molar-refractivity contribution in [3.05, 3.63) is 46.3 Å². The van der Waals surface area contributed by atoms with Crippen LogP contribution in [0.2, 0.25) is 0 Å². The van der Waals surface area contributed by atoms with Crippen LogP contribution in [0, 0.1) is 0 Å². The number of benzene rings is 1. The average molecular weight is 328 g/mol. The number of furan rings is 1. The molecule has 0 atom stereocenters. The van der Waals surface area contributed by atoms with Crippen molar-refractivity contribution < 1.29 is 14.3 Å². The summed E-state index contributed by atoms with van der Waals surface area (Å²) in [6, 6.07) is 8.75. The molecule has 0 fully saturated rings. The minimum absolute atomic E-state index is 0.0469. The Balaban J connectivity index is 2.04. The summed E-state index contributed by atoms with van der Waals surface area (Å²) in [4.78, 5) is 11.6. The Hall–Kier alpha value is -1.40. The molecule has 0 radical (unpaired) electrons. The average Bonchev–Trinajstić information content (AvgIpc) is 2.76. The lowest BCUT2D eigenvalue weighted by Crippen LogP contribution is -1.92. The number of halogens is 1. The minimum atomic E-state index is -1.06. The number of carboxylic acid groups (broad SMARTS) is 1. The molecule has 1 aromatic heterocycles. The quantitative estimate of drug-likeness (QED) is 0.662. The molecular formula is C12H10BrNO3S. The second-order valence-corrected chi connectivity index (χ2v) is 5.47. The van der Waals surface area contributed by atoms with E-state index >= 15 is 0 Å². The van der Waals surface area contributed by atoms with Gasteiger partial charge in [0.15, 0.2) is 0 Å². The zero-order chi connectivity index (χ0) is 13.1. The number of aromatic carboxylic acids is 1. The molecule has 0 aliphatic heterocycles. The Labute approximate surface area is 116 Å². The van der Waals surface area contributed by atoms with E-state index < -0.39 is 5.97 Å². The molecule has 0 amide bonds. The molecule has 94 valence electrons. The van der Waals surface area contributed by atoms with E-state index in [0.717, 1.165) is 9.37 Å². The number of rotatable bonds is 4. The van der Waals surface area contributed by atoms with Gasteiger partial charge in [0.1, 0.15) is 5.76 Å². The minimum Gasteiger partial charge on any atom is -0.475 e. The Bertz CT molecular complexity index is 582. The Morgan fingerprint density at radius 2 is 2.17 bits per heavy atom. The lowest BCUT2D eigenvalue weighted by molar-refractivity contribution is 0.0661. The smallest absolute Gasteiger partial charge is 0.371 e. The Morgan fingerprint density at radius 3 is 2.78 bits per heavy atom. The lowest BCUT2D eigenvalue weighted by atomic mass is 10.3. The first kappa shape index (κ1) is 13.0. The number of hydrogen-bond donors (Lipinski definition) is 2. The summed E-state index contributed by atoms with van der Waals surface area (Å²) in [5.74, 6) is 0.0440. The number of thioether (sulfide) groups is 1. The summed E-state index contributed by atoms with van der Waals surface area (Å²) < 4.78 is 6.09. The van der Waals surface area contributed by atoms with Crippen LogP contribution in [-0.4, -0.2) is 11.1 Å². The molecule has 3 N–H and O–H groups in total. The third-order valence-electron chi connectivity index (χ3n) is 2.21. The fourth-order valence-electron chi connectivity index (χ4n) is 1.37. The van der Waals surface area contributed by atoms with Gasteiger partial charge in [-0.25, -0.2) is 4.79 Å². The van der Waals surface area contributed by atoms with Crippen molar-refractivity contribution in [3.63, 3.8) is 0 Å². The highest BCUT2D eigenvalue weighted by atomic mass is 79.9. The number of anilines is 1. The van der Waals surface area contributed by atoms with Crippen LogP contribution in [0.1, 0.15) is 16.3 Å². The van der Waals surface area contributed by atoms with E-state index in [-0.39, 0.29) is 5.76 Å². The van der Waals surface area contributed by atoms with Crippen molar-refractivity contribution in [2.45, 2.75) is 10.6 Å². The first-order valence-electron chi connectivity index (χ1n) is 5.06. The van der Waals surface area contributed by atoms with E-state index in [1.807, 2.05) is 18.2 Å². The molecule has 0 spiro atoms. The highest BCUT2D eigenvalue weighted by Crippen LogP contribution is 2.30. The van der Waals surface area contributed by atoms with E-state index in [0.29, 0.717) is 17.2 Å². The molecule has 0 bridgehead atoms. The van der Waals surface area contributed by atoms with Crippen LogP contribution in [0.5, 0.6) is 0 Å². The third-order valence-corrected chi connectivity index (χ3v) is 3.82. The highest BCUT2D eigenvalue weighted by Gasteiger charge is 2.09. The van der Waals surface area contributed by atoms with Crippen molar-refractivity contribution >= 4 is 39.3 Å². The van der Waals surface area contributed by atoms with Crippen molar-refractivity contribution in [1.82, 2.24) is 0 Å². The van der Waals surface area contributed by atoms with Gasteiger partial charge in [0, 0.05) is 15.1 Å². The fraction of sp³-hybridized carbons (Fsp3) is 0.0833. The lowest BCUT2D eigenvalue weighted by Gasteiger charge is -2.04. The monoisotopic (exact) mass is 327 g/mol. The second kappa shape index (κ2) is 5.49. The van der Waals surface area contributed by atoms with Crippen molar-refractivity contribution in [3.8, 4) is 0 Å². The maximum absolute atomic E-state index is 10.7. The topological polar surface area (TPSA) is 76.5 Å². The van der Waals surface area contributed by atoms with Gasteiger partial charge < -0.3 is 15.3 Å². The number of hydrogen-bond acceptors (Lipinski definition) is 4. The van der Waals surface area contributed by atoms with E-state index in [2.05, 4.69) is 15.9 Å². The van der Waals surface area contributed by atoms with Crippen molar-refractivity contribution in [2.75, 3.05) is 5.73 Å². The van der Waals surface area contributed by atoms with Gasteiger partial charge in [-0.3, -0.25) is 0 Å². The van der Waals surface area contributed by atoms with Gasteiger partial charge in [-0.2, -0.15) is 0 Å². The highest BCUT2D eigenvalue weighted by molar-refractivity contribution is 9.10. The maximum atomic E-state index is 10.7. The van der Waals surface area contributed by atoms with Gasteiger partial charge >= 0.3 is 5.97 Å². The Kier molecular flexibility index (Phi) is 3.98. The summed E-state index contributed by atoms with van der Waals surface area (Å²) in [5, 5.41) is 8.73. The molecule has 0 saturated heterocycles. The maximum Gasteiger partial charge on any atom is 0.371 e. The predicted octanol–water partition coefficient (Wildman–Crippen LogP) is 3.61. The first-order chi connectivity index (χ1) is 8.56. The van der Waals surface area contributed by atoms with Crippen LogP contribution >= 0.6 is 27.7 Å². The Morgan fingerprint density at radius 1 is 1.39 bits per heavy atom. The zero-order valence-corrected chi connectivity index (χ0v) is 11.6. The molecule has 6 heteroatoms. The molecule has 2 rings (SSSR count). The first-order valence-corrected chi connectivity index (χ1v) is 6.84. The molecule has 0 unspecified atom stereocenters. The largest absolute Gasteiger partial charge is 0.475 e. The summed E-state index contributed by atoms with van der Waals surface area (Å²) in [5.41, 5.74) is 6.54. The van der Waals surface area contributed by atoms with Crippen LogP contribution in [0.25, 0.3) is 0 Å². The summed E-state index contributed by atoms with van der Waals surface area (Å²) >= 11 is 4.84. The van der Waals surface area contributed by atoms with Crippen LogP contribution < -0.4 is 5.73 Å². The van der Waals surface area contributed by atoms with Crippen LogP contribution in [0.4, 0.5) is 5.69 Å². The second-order valence-electron chi connectivity index (χ2n) is 3.54. The van der Waals surface area contributed by atoms with Crippen LogP contribution in [0.3, 0.4) is 0 Å². The van der Waals surface area contributed by atoms with Crippen molar-refractivity contribution in [1.29, 1.82) is 0 Å². The number of nitrogen functional groups attached to an aromatic ring is 1. The van der Waals surface area contributed by atoms with Gasteiger partial charge in [0.05, 0.1) is 5.75 Å². The normalized spacial score (nSPS) is 10.5. The summed E-state index contributed by atoms with van der Waals surface area (Å²) in [7, 11) is 0. The fourth-order valence-corrected chi connectivity index (χ4v) is 2.59. The molecule has 2 aromatic rings. The zero-order valence-electron chi connectivity index (χ0n) is 9.22. The molecule has 1 aromatic carbocycles. The van der Waals surface area contributed by atoms with Gasteiger partial charge in [-0.1, -0.05) is 15.9 Å². The standard InChI is InChI=1S/C12H10BrNO3S/c13-7-1-4-11(9(14)5-7)18-6-8-2-3-10(17-8)12(15)16/h1-5H,6,14H2,(H,15,16). The van der Waals surface area contributed by atoms with Gasteiger partial charge in [-0.05, 0) is 30.3 Å². The summed E-state index contributed by atoms with van der Waals surface area (Å²) in [6.45, 7) is 0. The molecule has 18 heavy (non-hydrogen) atoms. The van der Waals surface area contributed by atoms with Gasteiger partial charge in [0.2, 0.25) is 5.76 Å². The van der Waals surface area contributed by atoms with Crippen LogP contribution in [0.15, 0.2) is 44.1 Å². The van der Waals surface area contributed by atoms with Crippen LogP contribution in [-0.2, 0) is 5.75 Å². The molecule has 1 heterocycles. The van der Waals surface area contributed by atoms with Crippen molar-refractivity contribution in [2.24, 2.45) is 0 Å². The van der Waals surface area contributed by atoms with Gasteiger partial charge in [0.25, 0.3) is 0 Å². The molecule has 0 aliphatic rings. The van der Waals surface area contributed by atoms with Gasteiger partial charge in [-0.15, -0.1) is 11.8 Å². The molecule has 0 saturated carbocycles. The van der Waals surface area contributed by atoms with E-state index in [9.17, 15) is 4.79 Å². The van der Waals surface area contributed by atoms with E-state index in [1.165, 1.54) is 17.8 Å². The number of carboxylic acids is 1. The SMILES string of the molecule is Nc1cc(Br)ccc1SCc1ccc(C(=O)O)o1. The third kappa shape index (κ3) is 3.08. The predicted molar refractivity (Wildman–Crippen MR) is 73.8 cm³/mol. The molecule has 4 nitrogen and oxygen atoms in total.